The van der Waals surface area contributed by atoms with Crippen molar-refractivity contribution in [2.75, 3.05) is 7.11 Å². The van der Waals surface area contributed by atoms with Crippen molar-refractivity contribution in [3.05, 3.63) is 35.4 Å². The summed E-state index contributed by atoms with van der Waals surface area (Å²) in [5.41, 5.74) is 1.87. The number of carbonyl (C=O) groups is 1. The maximum atomic E-state index is 10.3. The number of ether oxygens (including phenoxy) is 1. The predicted octanol–water partition coefficient (Wildman–Crippen LogP) is 2.10. The van der Waals surface area contributed by atoms with Gasteiger partial charge in [0.25, 0.3) is 0 Å². The van der Waals surface area contributed by atoms with Crippen LogP contribution in [-0.2, 0) is 4.79 Å². The second-order valence-corrected chi connectivity index (χ2v) is 2.89. The third-order valence-electron chi connectivity index (χ3n) is 1.88. The Hall–Kier alpha value is -1.77. The standard InChI is InChI=1S/C11H12O3/c1-8-7-10(14-2)5-3-9(8)4-6-11(12)13/h3-7H,1-2H3,(H,12,13). The zero-order valence-electron chi connectivity index (χ0n) is 8.15. The summed E-state index contributed by atoms with van der Waals surface area (Å²) >= 11 is 0. The first-order valence-corrected chi connectivity index (χ1v) is 4.19. The lowest BCUT2D eigenvalue weighted by atomic mass is 10.1. The van der Waals surface area contributed by atoms with Gasteiger partial charge in [0.2, 0.25) is 0 Å². The molecule has 0 unspecified atom stereocenters. The predicted molar refractivity (Wildman–Crippen MR) is 54.4 cm³/mol. The Labute approximate surface area is 82.6 Å². The van der Waals surface area contributed by atoms with Gasteiger partial charge in [-0.3, -0.25) is 0 Å². The third-order valence-corrected chi connectivity index (χ3v) is 1.88. The summed E-state index contributed by atoms with van der Waals surface area (Å²) in [7, 11) is 1.60. The lowest BCUT2D eigenvalue weighted by Crippen LogP contribution is -1.88. The highest BCUT2D eigenvalue weighted by molar-refractivity contribution is 5.85. The molecule has 0 saturated heterocycles. The molecule has 0 fully saturated rings. The normalized spacial score (nSPS) is 10.4. The highest BCUT2D eigenvalue weighted by atomic mass is 16.5. The van der Waals surface area contributed by atoms with Crippen LogP contribution in [-0.4, -0.2) is 18.2 Å². The summed E-state index contributed by atoms with van der Waals surface area (Å²) in [6, 6.07) is 5.49. The summed E-state index contributed by atoms with van der Waals surface area (Å²) in [5, 5.41) is 8.45. The molecule has 14 heavy (non-hydrogen) atoms. The van der Waals surface area contributed by atoms with E-state index in [4.69, 9.17) is 9.84 Å². The molecule has 0 aliphatic heterocycles. The number of carboxylic acid groups (broad SMARTS) is 1. The number of methoxy groups -OCH3 is 1. The summed E-state index contributed by atoms with van der Waals surface area (Å²) in [6.07, 6.45) is 2.69. The van der Waals surface area contributed by atoms with Gasteiger partial charge in [-0.15, -0.1) is 0 Å². The van der Waals surface area contributed by atoms with E-state index >= 15 is 0 Å². The Bertz CT molecular complexity index is 367. The van der Waals surface area contributed by atoms with Crippen molar-refractivity contribution in [3.8, 4) is 5.75 Å². The van der Waals surface area contributed by atoms with Crippen LogP contribution in [0.25, 0.3) is 6.08 Å². The number of benzene rings is 1. The van der Waals surface area contributed by atoms with Crippen molar-refractivity contribution in [2.24, 2.45) is 0 Å². The molecule has 0 aliphatic rings. The van der Waals surface area contributed by atoms with Gasteiger partial charge >= 0.3 is 5.97 Å². The Morgan fingerprint density at radius 1 is 1.50 bits per heavy atom. The fourth-order valence-electron chi connectivity index (χ4n) is 1.12. The van der Waals surface area contributed by atoms with E-state index in [1.165, 1.54) is 0 Å². The van der Waals surface area contributed by atoms with Crippen molar-refractivity contribution in [2.45, 2.75) is 6.92 Å². The molecule has 1 rings (SSSR count). The number of rotatable bonds is 3. The molecule has 0 heterocycles. The molecule has 0 atom stereocenters. The Morgan fingerprint density at radius 3 is 2.71 bits per heavy atom. The molecule has 0 saturated carbocycles. The second kappa shape index (κ2) is 4.46. The molecule has 3 nitrogen and oxygen atoms in total. The molecule has 1 aromatic carbocycles. The fourth-order valence-corrected chi connectivity index (χ4v) is 1.12. The lowest BCUT2D eigenvalue weighted by Gasteiger charge is -2.03. The fraction of sp³-hybridized carbons (Fsp3) is 0.182. The van der Waals surface area contributed by atoms with Gasteiger partial charge in [-0.2, -0.15) is 0 Å². The molecular formula is C11H12O3. The Kier molecular flexibility index (Phi) is 3.29. The quantitative estimate of drug-likeness (QED) is 0.746. The highest BCUT2D eigenvalue weighted by Gasteiger charge is 1.97. The molecule has 0 radical (unpaired) electrons. The average molecular weight is 192 g/mol. The second-order valence-electron chi connectivity index (χ2n) is 2.89. The van der Waals surface area contributed by atoms with Gasteiger partial charge in [-0.25, -0.2) is 4.79 Å². The summed E-state index contributed by atoms with van der Waals surface area (Å²) < 4.78 is 5.04. The molecule has 0 bridgehead atoms. The minimum absolute atomic E-state index is 0.773. The highest BCUT2D eigenvalue weighted by Crippen LogP contribution is 2.17. The van der Waals surface area contributed by atoms with E-state index in [2.05, 4.69) is 0 Å². The van der Waals surface area contributed by atoms with Gasteiger partial charge in [0.1, 0.15) is 5.75 Å². The average Bonchev–Trinajstić information content (AvgIpc) is 2.15. The number of carboxylic acids is 1. The van der Waals surface area contributed by atoms with Crippen molar-refractivity contribution in [3.63, 3.8) is 0 Å². The Balaban J connectivity index is 2.94. The van der Waals surface area contributed by atoms with Crippen LogP contribution in [0.1, 0.15) is 11.1 Å². The van der Waals surface area contributed by atoms with Crippen molar-refractivity contribution in [1.29, 1.82) is 0 Å². The van der Waals surface area contributed by atoms with Crippen LogP contribution in [0.5, 0.6) is 5.75 Å². The van der Waals surface area contributed by atoms with E-state index in [-0.39, 0.29) is 0 Å². The van der Waals surface area contributed by atoms with Crippen LogP contribution in [0.2, 0.25) is 0 Å². The van der Waals surface area contributed by atoms with Crippen LogP contribution >= 0.6 is 0 Å². The smallest absolute Gasteiger partial charge is 0.328 e. The zero-order valence-corrected chi connectivity index (χ0v) is 8.15. The molecule has 1 N–H and O–H groups in total. The van der Waals surface area contributed by atoms with Crippen molar-refractivity contribution < 1.29 is 14.6 Å². The van der Waals surface area contributed by atoms with Gasteiger partial charge in [0, 0.05) is 6.08 Å². The lowest BCUT2D eigenvalue weighted by molar-refractivity contribution is -0.131. The molecule has 0 aliphatic carbocycles. The van der Waals surface area contributed by atoms with E-state index < -0.39 is 5.97 Å². The third kappa shape index (κ3) is 2.62. The molecule has 3 heteroatoms. The molecule has 0 aromatic heterocycles. The molecule has 0 spiro atoms. The summed E-state index contributed by atoms with van der Waals surface area (Å²) in [6.45, 7) is 1.91. The maximum absolute atomic E-state index is 10.3. The topological polar surface area (TPSA) is 46.5 Å². The SMILES string of the molecule is COc1ccc(C=CC(=O)O)c(C)c1. The molecule has 0 amide bonds. The van der Waals surface area contributed by atoms with Gasteiger partial charge in [0.05, 0.1) is 7.11 Å². The largest absolute Gasteiger partial charge is 0.497 e. The zero-order chi connectivity index (χ0) is 10.6. The van der Waals surface area contributed by atoms with E-state index in [0.29, 0.717) is 0 Å². The van der Waals surface area contributed by atoms with Crippen LogP contribution in [0.4, 0.5) is 0 Å². The van der Waals surface area contributed by atoms with Crippen LogP contribution in [0.15, 0.2) is 24.3 Å². The van der Waals surface area contributed by atoms with E-state index in [9.17, 15) is 4.79 Å². The van der Waals surface area contributed by atoms with Gasteiger partial charge in [-0.1, -0.05) is 6.07 Å². The molecule has 1 aromatic rings. The van der Waals surface area contributed by atoms with Gasteiger partial charge in [0.15, 0.2) is 0 Å². The number of hydrogen-bond acceptors (Lipinski definition) is 2. The number of aliphatic carboxylic acids is 1. The monoisotopic (exact) mass is 192 g/mol. The van der Waals surface area contributed by atoms with Gasteiger partial charge < -0.3 is 9.84 Å². The molecular weight excluding hydrogens is 180 g/mol. The van der Waals surface area contributed by atoms with Gasteiger partial charge in [-0.05, 0) is 36.3 Å². The van der Waals surface area contributed by atoms with E-state index in [1.807, 2.05) is 19.1 Å². The molecule has 74 valence electrons. The Morgan fingerprint density at radius 2 is 2.21 bits per heavy atom. The first-order chi connectivity index (χ1) is 6.63. The number of hydrogen-bond donors (Lipinski definition) is 1. The van der Waals surface area contributed by atoms with Crippen LogP contribution < -0.4 is 4.74 Å². The minimum Gasteiger partial charge on any atom is -0.497 e. The first-order valence-electron chi connectivity index (χ1n) is 4.19. The van der Waals surface area contributed by atoms with Crippen molar-refractivity contribution in [1.82, 2.24) is 0 Å². The van der Waals surface area contributed by atoms with Crippen LogP contribution in [0.3, 0.4) is 0 Å². The van der Waals surface area contributed by atoms with E-state index in [1.54, 1.807) is 19.3 Å². The maximum Gasteiger partial charge on any atom is 0.328 e. The first kappa shape index (κ1) is 10.3. The minimum atomic E-state index is -0.944. The van der Waals surface area contributed by atoms with Crippen LogP contribution in [0, 0.1) is 6.92 Å². The van der Waals surface area contributed by atoms with E-state index in [0.717, 1.165) is 23.0 Å². The summed E-state index contributed by atoms with van der Waals surface area (Å²) in [4.78, 5) is 10.3. The number of aryl methyl sites for hydroxylation is 1. The van der Waals surface area contributed by atoms with Crippen molar-refractivity contribution >= 4 is 12.0 Å². The summed E-state index contributed by atoms with van der Waals surface area (Å²) in [5.74, 6) is -0.171.